The fourth-order valence-electron chi connectivity index (χ4n) is 3.22. The quantitative estimate of drug-likeness (QED) is 0.863. The summed E-state index contributed by atoms with van der Waals surface area (Å²) < 4.78 is 1.98. The van der Waals surface area contributed by atoms with Gasteiger partial charge in [0.1, 0.15) is 5.82 Å². The van der Waals surface area contributed by atoms with E-state index in [1.807, 2.05) is 9.58 Å². The summed E-state index contributed by atoms with van der Waals surface area (Å²) in [5.41, 5.74) is 2.24. The second kappa shape index (κ2) is 6.38. The number of amides is 1. The minimum absolute atomic E-state index is 0.119. The molecule has 0 spiro atoms. The third-order valence-corrected chi connectivity index (χ3v) is 4.60. The maximum absolute atomic E-state index is 12.3. The minimum Gasteiger partial charge on any atom is -0.340 e. The molecular formula is C19H26N4O. The molecule has 1 unspecified atom stereocenters. The first-order valence-corrected chi connectivity index (χ1v) is 8.69. The van der Waals surface area contributed by atoms with Crippen LogP contribution < -0.4 is 0 Å². The number of aryl methyl sites for hydroxylation is 1. The van der Waals surface area contributed by atoms with E-state index < -0.39 is 0 Å². The lowest BCUT2D eigenvalue weighted by atomic mass is 10.1. The van der Waals surface area contributed by atoms with Gasteiger partial charge in [-0.25, -0.2) is 9.67 Å². The minimum atomic E-state index is 0.119. The van der Waals surface area contributed by atoms with E-state index in [0.29, 0.717) is 6.42 Å². The lowest BCUT2D eigenvalue weighted by molar-refractivity contribution is -0.129. The Bertz CT molecular complexity index is 730. The van der Waals surface area contributed by atoms with Gasteiger partial charge in [-0.05, 0) is 34.6 Å². The Morgan fingerprint density at radius 3 is 2.29 bits per heavy atom. The Balaban J connectivity index is 1.96. The van der Waals surface area contributed by atoms with Crippen LogP contribution in [-0.2, 0) is 4.79 Å². The third-order valence-electron chi connectivity index (χ3n) is 4.60. The normalized spacial score (nSPS) is 18.2. The van der Waals surface area contributed by atoms with Gasteiger partial charge in [0.2, 0.25) is 5.91 Å². The standard InChI is InChI=1S/C19H26N4O/c1-12(2)22-11-16(10-17(22)24)19-20-18(21-23(19)13(3)4)15-8-6-14(5)7-9-15/h6-9,12-13,16H,10-11H2,1-5H3. The Morgan fingerprint density at radius 1 is 1.08 bits per heavy atom. The second-order valence-corrected chi connectivity index (χ2v) is 7.24. The highest BCUT2D eigenvalue weighted by Crippen LogP contribution is 2.31. The smallest absolute Gasteiger partial charge is 0.223 e. The second-order valence-electron chi connectivity index (χ2n) is 7.24. The summed E-state index contributed by atoms with van der Waals surface area (Å²) in [5.74, 6) is 2.01. The first-order chi connectivity index (χ1) is 11.4. The number of hydrogen-bond donors (Lipinski definition) is 0. The fraction of sp³-hybridized carbons (Fsp3) is 0.526. The Hall–Kier alpha value is -2.17. The summed E-state index contributed by atoms with van der Waals surface area (Å²) in [4.78, 5) is 19.0. The number of aromatic nitrogens is 3. The molecule has 1 aromatic carbocycles. The Morgan fingerprint density at radius 2 is 1.75 bits per heavy atom. The van der Waals surface area contributed by atoms with Crippen molar-refractivity contribution in [2.24, 2.45) is 0 Å². The molecule has 0 radical (unpaired) electrons. The van der Waals surface area contributed by atoms with E-state index >= 15 is 0 Å². The van der Waals surface area contributed by atoms with Gasteiger partial charge in [0, 0.05) is 36.5 Å². The van der Waals surface area contributed by atoms with Crippen LogP contribution in [0.3, 0.4) is 0 Å². The van der Waals surface area contributed by atoms with E-state index in [2.05, 4.69) is 58.9 Å². The van der Waals surface area contributed by atoms with Crippen molar-refractivity contribution in [2.45, 2.75) is 59.0 Å². The van der Waals surface area contributed by atoms with Crippen LogP contribution in [0.25, 0.3) is 11.4 Å². The lowest BCUT2D eigenvalue weighted by Crippen LogP contribution is -2.32. The third kappa shape index (κ3) is 3.07. The summed E-state index contributed by atoms with van der Waals surface area (Å²) in [5, 5.41) is 4.72. The molecule has 1 atom stereocenters. The fourth-order valence-corrected chi connectivity index (χ4v) is 3.22. The average molecular weight is 326 g/mol. The summed E-state index contributed by atoms with van der Waals surface area (Å²) in [6, 6.07) is 8.71. The number of hydrogen-bond acceptors (Lipinski definition) is 3. The Labute approximate surface area is 143 Å². The lowest BCUT2D eigenvalue weighted by Gasteiger charge is -2.21. The predicted octanol–water partition coefficient (Wildman–Crippen LogP) is 3.56. The van der Waals surface area contributed by atoms with E-state index in [1.54, 1.807) is 0 Å². The van der Waals surface area contributed by atoms with Crippen molar-refractivity contribution in [3.63, 3.8) is 0 Å². The van der Waals surface area contributed by atoms with Crippen LogP contribution in [0.2, 0.25) is 0 Å². The van der Waals surface area contributed by atoms with Crippen LogP contribution in [0.5, 0.6) is 0 Å². The van der Waals surface area contributed by atoms with Gasteiger partial charge in [0.05, 0.1) is 0 Å². The molecule has 1 saturated heterocycles. The van der Waals surface area contributed by atoms with Crippen molar-refractivity contribution in [1.29, 1.82) is 0 Å². The van der Waals surface area contributed by atoms with Crippen LogP contribution in [-0.4, -0.2) is 38.2 Å². The molecule has 0 saturated carbocycles. The highest BCUT2D eigenvalue weighted by molar-refractivity contribution is 5.79. The molecular weight excluding hydrogens is 300 g/mol. The molecule has 0 aliphatic carbocycles. The van der Waals surface area contributed by atoms with Crippen molar-refractivity contribution < 1.29 is 4.79 Å². The van der Waals surface area contributed by atoms with Gasteiger partial charge in [-0.2, -0.15) is 5.10 Å². The summed E-state index contributed by atoms with van der Waals surface area (Å²) in [6.45, 7) is 11.1. The number of rotatable bonds is 4. The molecule has 1 amide bonds. The Kier molecular flexibility index (Phi) is 4.43. The van der Waals surface area contributed by atoms with E-state index in [4.69, 9.17) is 10.1 Å². The molecule has 0 N–H and O–H groups in total. The van der Waals surface area contributed by atoms with E-state index in [-0.39, 0.29) is 23.9 Å². The van der Waals surface area contributed by atoms with Crippen molar-refractivity contribution in [3.05, 3.63) is 35.7 Å². The summed E-state index contributed by atoms with van der Waals surface area (Å²) >= 11 is 0. The zero-order chi connectivity index (χ0) is 17.4. The zero-order valence-electron chi connectivity index (χ0n) is 15.2. The van der Waals surface area contributed by atoms with Crippen molar-refractivity contribution in [2.75, 3.05) is 6.54 Å². The SMILES string of the molecule is Cc1ccc(-c2nc(C3CC(=O)N(C(C)C)C3)n(C(C)C)n2)cc1. The van der Waals surface area contributed by atoms with Gasteiger partial charge >= 0.3 is 0 Å². The van der Waals surface area contributed by atoms with Crippen molar-refractivity contribution in [3.8, 4) is 11.4 Å². The molecule has 1 aliphatic heterocycles. The number of nitrogens with zero attached hydrogens (tertiary/aromatic N) is 4. The summed E-state index contributed by atoms with van der Waals surface area (Å²) in [7, 11) is 0. The molecule has 1 aromatic heterocycles. The van der Waals surface area contributed by atoms with Gasteiger partial charge in [-0.1, -0.05) is 29.8 Å². The van der Waals surface area contributed by atoms with E-state index in [0.717, 1.165) is 23.8 Å². The number of carbonyl (C=O) groups is 1. The van der Waals surface area contributed by atoms with E-state index in [9.17, 15) is 4.79 Å². The van der Waals surface area contributed by atoms with Gasteiger partial charge in [-0.3, -0.25) is 4.79 Å². The highest BCUT2D eigenvalue weighted by atomic mass is 16.2. The first-order valence-electron chi connectivity index (χ1n) is 8.69. The van der Waals surface area contributed by atoms with Gasteiger partial charge in [0.25, 0.3) is 0 Å². The number of likely N-dealkylation sites (tertiary alicyclic amines) is 1. The summed E-state index contributed by atoms with van der Waals surface area (Å²) in [6.07, 6.45) is 0.525. The molecule has 128 valence electrons. The van der Waals surface area contributed by atoms with Crippen LogP contribution in [0.1, 0.15) is 57.5 Å². The molecule has 2 aromatic rings. The largest absolute Gasteiger partial charge is 0.340 e. The molecule has 24 heavy (non-hydrogen) atoms. The van der Waals surface area contributed by atoms with Crippen molar-refractivity contribution in [1.82, 2.24) is 19.7 Å². The van der Waals surface area contributed by atoms with Gasteiger partial charge in [-0.15, -0.1) is 0 Å². The predicted molar refractivity (Wildman–Crippen MR) is 94.8 cm³/mol. The van der Waals surface area contributed by atoms with Gasteiger partial charge < -0.3 is 4.90 Å². The molecule has 1 fully saturated rings. The molecule has 3 rings (SSSR count). The van der Waals surface area contributed by atoms with Crippen molar-refractivity contribution >= 4 is 5.91 Å². The van der Waals surface area contributed by atoms with Crippen LogP contribution >= 0.6 is 0 Å². The maximum Gasteiger partial charge on any atom is 0.223 e. The molecule has 0 bridgehead atoms. The maximum atomic E-state index is 12.3. The number of carbonyl (C=O) groups excluding carboxylic acids is 1. The molecule has 5 nitrogen and oxygen atoms in total. The molecule has 2 heterocycles. The highest BCUT2D eigenvalue weighted by Gasteiger charge is 2.35. The molecule has 5 heteroatoms. The topological polar surface area (TPSA) is 51.0 Å². The van der Waals surface area contributed by atoms with Crippen LogP contribution in [0, 0.1) is 6.92 Å². The van der Waals surface area contributed by atoms with E-state index in [1.165, 1.54) is 5.56 Å². The monoisotopic (exact) mass is 326 g/mol. The average Bonchev–Trinajstić information content (AvgIpc) is 3.11. The molecule has 1 aliphatic rings. The van der Waals surface area contributed by atoms with Crippen LogP contribution in [0.15, 0.2) is 24.3 Å². The van der Waals surface area contributed by atoms with Crippen LogP contribution in [0.4, 0.5) is 0 Å². The number of benzene rings is 1. The zero-order valence-corrected chi connectivity index (χ0v) is 15.2. The van der Waals surface area contributed by atoms with Gasteiger partial charge in [0.15, 0.2) is 5.82 Å². The first kappa shape index (κ1) is 16.7.